The summed E-state index contributed by atoms with van der Waals surface area (Å²) in [6.45, 7) is 3.11. The zero-order valence-electron chi connectivity index (χ0n) is 15.1. The van der Waals surface area contributed by atoms with E-state index in [-0.39, 0.29) is 27.6 Å². The van der Waals surface area contributed by atoms with Gasteiger partial charge in [-0.15, -0.1) is 10.2 Å². The molecule has 8 heteroatoms. The maximum Gasteiger partial charge on any atom is 0.256 e. The summed E-state index contributed by atoms with van der Waals surface area (Å²) in [6.07, 6.45) is 6.06. The van der Waals surface area contributed by atoms with Crippen LogP contribution >= 0.6 is 23.2 Å². The van der Waals surface area contributed by atoms with Crippen LogP contribution in [-0.2, 0) is 6.54 Å². The van der Waals surface area contributed by atoms with Crippen molar-refractivity contribution in [3.8, 4) is 0 Å². The Labute approximate surface area is 167 Å². The summed E-state index contributed by atoms with van der Waals surface area (Å²) in [5.74, 6) is 1.38. The van der Waals surface area contributed by atoms with Crippen LogP contribution in [0.4, 0.5) is 4.39 Å². The predicted octanol–water partition coefficient (Wildman–Crippen LogP) is 4.99. The highest BCUT2D eigenvalue weighted by molar-refractivity contribution is 6.43. The van der Waals surface area contributed by atoms with Gasteiger partial charge in [-0.2, -0.15) is 0 Å². The maximum absolute atomic E-state index is 13.6. The highest BCUT2D eigenvalue weighted by atomic mass is 35.5. The van der Waals surface area contributed by atoms with E-state index < -0.39 is 5.82 Å². The van der Waals surface area contributed by atoms with Gasteiger partial charge < -0.3 is 9.47 Å². The van der Waals surface area contributed by atoms with Gasteiger partial charge in [-0.25, -0.2) is 4.39 Å². The second-order valence-corrected chi connectivity index (χ2v) is 8.06. The van der Waals surface area contributed by atoms with Crippen LogP contribution in [0.1, 0.15) is 73.0 Å². The Morgan fingerprint density at radius 1 is 1.07 bits per heavy atom. The Morgan fingerprint density at radius 3 is 2.52 bits per heavy atom. The van der Waals surface area contributed by atoms with E-state index in [9.17, 15) is 9.18 Å². The van der Waals surface area contributed by atoms with Crippen molar-refractivity contribution in [3.63, 3.8) is 0 Å². The lowest BCUT2D eigenvalue weighted by molar-refractivity contribution is 0.0635. The molecule has 27 heavy (non-hydrogen) atoms. The molecule has 1 amide bonds. The normalized spacial score (nSPS) is 20.6. The van der Waals surface area contributed by atoms with Gasteiger partial charge >= 0.3 is 0 Å². The Kier molecular flexibility index (Phi) is 5.12. The first-order valence-corrected chi connectivity index (χ1v) is 10.1. The zero-order valence-corrected chi connectivity index (χ0v) is 16.6. The van der Waals surface area contributed by atoms with Crippen LogP contribution in [0.25, 0.3) is 0 Å². The van der Waals surface area contributed by atoms with Gasteiger partial charge in [0.2, 0.25) is 0 Å². The number of halogens is 3. The molecule has 1 aliphatic carbocycles. The van der Waals surface area contributed by atoms with Crippen molar-refractivity contribution in [2.45, 2.75) is 57.5 Å². The Morgan fingerprint density at radius 2 is 1.78 bits per heavy atom. The third kappa shape index (κ3) is 3.23. The molecule has 1 saturated carbocycles. The Balaban J connectivity index is 1.61. The number of nitrogens with zero attached hydrogens (tertiary/aromatic N) is 4. The van der Waals surface area contributed by atoms with Crippen molar-refractivity contribution in [1.29, 1.82) is 0 Å². The number of hydrogen-bond donors (Lipinski definition) is 0. The largest absolute Gasteiger partial charge is 0.327 e. The monoisotopic (exact) mass is 410 g/mol. The van der Waals surface area contributed by atoms with Gasteiger partial charge in [0.05, 0.1) is 21.7 Å². The van der Waals surface area contributed by atoms with Gasteiger partial charge in [0, 0.05) is 19.0 Å². The van der Waals surface area contributed by atoms with E-state index in [2.05, 4.69) is 14.8 Å². The molecule has 0 unspecified atom stereocenters. The van der Waals surface area contributed by atoms with E-state index >= 15 is 0 Å². The first-order chi connectivity index (χ1) is 13.0. The van der Waals surface area contributed by atoms with Crippen LogP contribution < -0.4 is 0 Å². The van der Waals surface area contributed by atoms with Crippen molar-refractivity contribution in [2.75, 3.05) is 6.54 Å². The van der Waals surface area contributed by atoms with Gasteiger partial charge in [0.25, 0.3) is 5.91 Å². The van der Waals surface area contributed by atoms with E-state index in [1.54, 1.807) is 4.90 Å². The Hall–Kier alpha value is -1.66. The quantitative estimate of drug-likeness (QED) is 0.655. The summed E-state index contributed by atoms with van der Waals surface area (Å²) < 4.78 is 15.7. The van der Waals surface area contributed by atoms with Crippen molar-refractivity contribution in [3.05, 3.63) is 45.2 Å². The number of benzene rings is 1. The summed E-state index contributed by atoms with van der Waals surface area (Å²) in [6, 6.07) is 2.31. The number of carbonyl (C=O) groups is 1. The lowest BCUT2D eigenvalue weighted by Gasteiger charge is -2.35. The second kappa shape index (κ2) is 7.40. The SMILES string of the molecule is C[C@@H]1c2nnc(C3CCCCC3)n2CCN1C(=O)c1ccc(F)c(Cl)c1Cl. The minimum atomic E-state index is -0.637. The molecule has 4 rings (SSSR count). The highest BCUT2D eigenvalue weighted by Crippen LogP contribution is 2.36. The van der Waals surface area contributed by atoms with E-state index in [0.29, 0.717) is 19.0 Å². The number of fused-ring (bicyclic) bond motifs is 1. The van der Waals surface area contributed by atoms with E-state index in [1.165, 1.54) is 31.4 Å². The summed E-state index contributed by atoms with van der Waals surface area (Å²) in [7, 11) is 0. The Bertz CT molecular complexity index is 879. The van der Waals surface area contributed by atoms with Crippen molar-refractivity contribution in [2.24, 2.45) is 0 Å². The number of carbonyl (C=O) groups excluding carboxylic acids is 1. The third-order valence-electron chi connectivity index (χ3n) is 5.71. The zero-order chi connectivity index (χ0) is 19.1. The molecular formula is C19H21Cl2FN4O. The molecule has 1 fully saturated rings. The van der Waals surface area contributed by atoms with Crippen LogP contribution in [0.15, 0.2) is 12.1 Å². The van der Waals surface area contributed by atoms with Gasteiger partial charge in [-0.1, -0.05) is 42.5 Å². The first kappa shape index (κ1) is 18.7. The average molecular weight is 411 g/mol. The number of hydrogen-bond acceptors (Lipinski definition) is 3. The maximum atomic E-state index is 13.6. The van der Waals surface area contributed by atoms with Crippen LogP contribution in [0.2, 0.25) is 10.0 Å². The summed E-state index contributed by atoms with van der Waals surface area (Å²) in [5.41, 5.74) is 0.204. The molecule has 144 valence electrons. The molecule has 5 nitrogen and oxygen atoms in total. The van der Waals surface area contributed by atoms with Crippen LogP contribution in [0, 0.1) is 5.82 Å². The molecule has 0 radical (unpaired) electrons. The number of rotatable bonds is 2. The fourth-order valence-corrected chi connectivity index (χ4v) is 4.59. The minimum Gasteiger partial charge on any atom is -0.327 e. The van der Waals surface area contributed by atoms with Crippen molar-refractivity contribution >= 4 is 29.1 Å². The number of amides is 1. The van der Waals surface area contributed by atoms with Crippen LogP contribution in [0.3, 0.4) is 0 Å². The molecule has 1 atom stereocenters. The molecule has 2 aliphatic rings. The smallest absolute Gasteiger partial charge is 0.256 e. The highest BCUT2D eigenvalue weighted by Gasteiger charge is 2.34. The van der Waals surface area contributed by atoms with Gasteiger partial charge in [0.15, 0.2) is 5.82 Å². The molecular weight excluding hydrogens is 390 g/mol. The van der Waals surface area contributed by atoms with Gasteiger partial charge in [0.1, 0.15) is 11.6 Å². The molecule has 1 aromatic carbocycles. The summed E-state index contributed by atoms with van der Waals surface area (Å²) in [5, 5.41) is 8.57. The molecule has 2 heterocycles. The molecule has 1 aliphatic heterocycles. The van der Waals surface area contributed by atoms with Crippen LogP contribution in [-0.4, -0.2) is 32.1 Å². The summed E-state index contributed by atoms with van der Waals surface area (Å²) in [4.78, 5) is 14.7. The van der Waals surface area contributed by atoms with Crippen LogP contribution in [0.5, 0.6) is 0 Å². The standard InChI is InChI=1S/C19H21Cl2FN4O/c1-11-17-23-24-18(12-5-3-2-4-6-12)26(17)10-9-25(11)19(27)13-7-8-14(22)16(21)15(13)20/h7-8,11-12H,2-6,9-10H2,1H3/t11-/m1/s1. The first-order valence-electron chi connectivity index (χ1n) is 9.36. The van der Waals surface area contributed by atoms with E-state index in [0.717, 1.165) is 24.5 Å². The van der Waals surface area contributed by atoms with Gasteiger partial charge in [-0.05, 0) is 31.9 Å². The minimum absolute atomic E-state index is 0.0520. The molecule has 0 bridgehead atoms. The molecule has 2 aromatic rings. The van der Waals surface area contributed by atoms with Crippen molar-refractivity contribution in [1.82, 2.24) is 19.7 Å². The molecule has 0 N–H and O–H groups in total. The summed E-state index contributed by atoms with van der Waals surface area (Å²) >= 11 is 12.0. The van der Waals surface area contributed by atoms with E-state index in [1.807, 2.05) is 6.92 Å². The lowest BCUT2D eigenvalue weighted by atomic mass is 9.88. The fraction of sp³-hybridized carbons (Fsp3) is 0.526. The van der Waals surface area contributed by atoms with Crippen molar-refractivity contribution < 1.29 is 9.18 Å². The molecule has 1 aromatic heterocycles. The number of aromatic nitrogens is 3. The molecule has 0 saturated heterocycles. The molecule has 0 spiro atoms. The van der Waals surface area contributed by atoms with Gasteiger partial charge in [-0.3, -0.25) is 4.79 Å². The predicted molar refractivity (Wildman–Crippen MR) is 102 cm³/mol. The fourth-order valence-electron chi connectivity index (χ4n) is 4.19. The average Bonchev–Trinajstić information content (AvgIpc) is 3.12. The van der Waals surface area contributed by atoms with E-state index in [4.69, 9.17) is 23.2 Å². The topological polar surface area (TPSA) is 51.0 Å². The third-order valence-corrected chi connectivity index (χ3v) is 6.57. The lowest BCUT2D eigenvalue weighted by Crippen LogP contribution is -2.41. The second-order valence-electron chi connectivity index (χ2n) is 7.30.